The van der Waals surface area contributed by atoms with Crippen molar-refractivity contribution in [2.24, 2.45) is 0 Å². The highest BCUT2D eigenvalue weighted by Crippen LogP contribution is 2.24. The lowest BCUT2D eigenvalue weighted by atomic mass is 10.3. The molecule has 0 bridgehead atoms. The summed E-state index contributed by atoms with van der Waals surface area (Å²) in [6, 6.07) is 0. The number of hydrogen-bond donors (Lipinski definition) is 3. The van der Waals surface area contributed by atoms with Crippen LogP contribution in [0, 0.1) is 6.92 Å². The molecule has 1 heterocycles. The Balaban J connectivity index is 2.69. The minimum Gasteiger partial charge on any atom is -0.394 e. The monoisotopic (exact) mass is 243 g/mol. The molecular weight excluding hydrogens is 226 g/mol. The van der Waals surface area contributed by atoms with Gasteiger partial charge in [-0.1, -0.05) is 0 Å². The molecule has 1 aromatic rings. The lowest BCUT2D eigenvalue weighted by Crippen LogP contribution is -2.15. The first-order valence-electron chi connectivity index (χ1n) is 5.16. The zero-order valence-corrected chi connectivity index (χ0v) is 10.3. The first-order valence-corrected chi connectivity index (χ1v) is 6.14. The van der Waals surface area contributed by atoms with E-state index < -0.39 is 6.10 Å². The molecular formula is C10H17N3O2S. The number of aliphatic hydroxyl groups is 2. The lowest BCUT2D eigenvalue weighted by molar-refractivity contribution is 0.113. The molecule has 6 heteroatoms. The highest BCUT2D eigenvalue weighted by Gasteiger charge is 2.09. The fourth-order valence-electron chi connectivity index (χ4n) is 1.15. The number of aromatic nitrogens is 2. The first kappa shape index (κ1) is 13.2. The molecule has 0 amide bonds. The number of nitrogens with zero attached hydrogens (tertiary/aromatic N) is 2. The summed E-state index contributed by atoms with van der Waals surface area (Å²) in [5, 5.41) is 21.9. The van der Waals surface area contributed by atoms with Crippen molar-refractivity contribution in [2.75, 3.05) is 24.2 Å². The van der Waals surface area contributed by atoms with Crippen LogP contribution in [0.4, 0.5) is 5.82 Å². The molecule has 3 N–H and O–H groups in total. The summed E-state index contributed by atoms with van der Waals surface area (Å²) in [5.74, 6) is 1.25. The van der Waals surface area contributed by atoms with E-state index in [0.717, 1.165) is 23.0 Å². The molecule has 90 valence electrons. The topological polar surface area (TPSA) is 78.3 Å². The van der Waals surface area contributed by atoms with Crippen LogP contribution in [0.25, 0.3) is 0 Å². The molecule has 1 atom stereocenters. The highest BCUT2D eigenvalue weighted by atomic mass is 32.2. The van der Waals surface area contributed by atoms with Gasteiger partial charge in [-0.15, -0.1) is 11.8 Å². The van der Waals surface area contributed by atoms with Gasteiger partial charge < -0.3 is 15.5 Å². The van der Waals surface area contributed by atoms with E-state index in [4.69, 9.17) is 5.11 Å². The molecule has 0 aromatic carbocycles. The Morgan fingerprint density at radius 1 is 1.50 bits per heavy atom. The van der Waals surface area contributed by atoms with E-state index in [1.54, 1.807) is 0 Å². The van der Waals surface area contributed by atoms with Crippen LogP contribution in [0.5, 0.6) is 0 Å². The number of thioether (sulfide) groups is 1. The van der Waals surface area contributed by atoms with Crippen LogP contribution in [-0.4, -0.2) is 45.2 Å². The summed E-state index contributed by atoms with van der Waals surface area (Å²) in [7, 11) is 0. The third-order valence-electron chi connectivity index (χ3n) is 2.01. The SMILES string of the molecule is CCNc1ncnc(SCC(O)CO)c1C. The third-order valence-corrected chi connectivity index (χ3v) is 3.24. The number of aliphatic hydroxyl groups excluding tert-OH is 2. The fraction of sp³-hybridized carbons (Fsp3) is 0.600. The van der Waals surface area contributed by atoms with E-state index >= 15 is 0 Å². The summed E-state index contributed by atoms with van der Waals surface area (Å²) in [5.41, 5.74) is 0.972. The van der Waals surface area contributed by atoms with Gasteiger partial charge in [0.15, 0.2) is 0 Å². The van der Waals surface area contributed by atoms with Gasteiger partial charge in [0.1, 0.15) is 17.2 Å². The van der Waals surface area contributed by atoms with Crippen molar-refractivity contribution in [2.45, 2.75) is 25.0 Å². The van der Waals surface area contributed by atoms with Gasteiger partial charge in [-0.25, -0.2) is 9.97 Å². The number of anilines is 1. The van der Waals surface area contributed by atoms with Gasteiger partial charge in [0, 0.05) is 17.9 Å². The normalized spacial score (nSPS) is 12.5. The largest absolute Gasteiger partial charge is 0.394 e. The average molecular weight is 243 g/mol. The molecule has 0 aliphatic carbocycles. The molecule has 0 aliphatic rings. The summed E-state index contributed by atoms with van der Waals surface area (Å²) >= 11 is 1.42. The summed E-state index contributed by atoms with van der Waals surface area (Å²) in [6.07, 6.45) is 0.792. The van der Waals surface area contributed by atoms with Crippen LogP contribution >= 0.6 is 11.8 Å². The minimum atomic E-state index is -0.707. The highest BCUT2D eigenvalue weighted by molar-refractivity contribution is 7.99. The Bertz CT molecular complexity index is 336. The Kier molecular flexibility index (Phi) is 5.51. The maximum atomic E-state index is 9.25. The molecule has 0 saturated carbocycles. The van der Waals surface area contributed by atoms with Crippen LogP contribution < -0.4 is 5.32 Å². The summed E-state index contributed by atoms with van der Waals surface area (Å²) in [6.45, 7) is 4.52. The molecule has 0 saturated heterocycles. The van der Waals surface area contributed by atoms with Crippen molar-refractivity contribution in [3.63, 3.8) is 0 Å². The Labute approximate surface area is 99.3 Å². The van der Waals surface area contributed by atoms with Crippen molar-refractivity contribution in [1.82, 2.24) is 9.97 Å². The smallest absolute Gasteiger partial charge is 0.133 e. The van der Waals surface area contributed by atoms with E-state index in [2.05, 4.69) is 15.3 Å². The second kappa shape index (κ2) is 6.67. The average Bonchev–Trinajstić information content (AvgIpc) is 2.30. The van der Waals surface area contributed by atoms with E-state index in [1.165, 1.54) is 18.1 Å². The zero-order valence-electron chi connectivity index (χ0n) is 9.47. The van der Waals surface area contributed by atoms with E-state index in [0.29, 0.717) is 5.75 Å². The molecule has 0 fully saturated rings. The van der Waals surface area contributed by atoms with Gasteiger partial charge in [-0.05, 0) is 13.8 Å². The van der Waals surface area contributed by atoms with Crippen LogP contribution in [0.2, 0.25) is 0 Å². The Morgan fingerprint density at radius 2 is 2.25 bits per heavy atom. The molecule has 0 aliphatic heterocycles. The van der Waals surface area contributed by atoms with Gasteiger partial charge >= 0.3 is 0 Å². The molecule has 1 aromatic heterocycles. The Morgan fingerprint density at radius 3 is 2.88 bits per heavy atom. The minimum absolute atomic E-state index is 0.225. The predicted molar refractivity (Wildman–Crippen MR) is 64.7 cm³/mol. The first-order chi connectivity index (χ1) is 7.69. The van der Waals surface area contributed by atoms with Crippen molar-refractivity contribution in [1.29, 1.82) is 0 Å². The van der Waals surface area contributed by atoms with Crippen LogP contribution in [-0.2, 0) is 0 Å². The van der Waals surface area contributed by atoms with Crippen molar-refractivity contribution >= 4 is 17.6 Å². The summed E-state index contributed by atoms with van der Waals surface area (Å²) < 4.78 is 0. The lowest BCUT2D eigenvalue weighted by Gasteiger charge is -2.11. The molecule has 16 heavy (non-hydrogen) atoms. The number of rotatable bonds is 6. The van der Waals surface area contributed by atoms with Gasteiger partial charge in [0.05, 0.1) is 12.7 Å². The predicted octanol–water partition coefficient (Wildman–Crippen LogP) is 0.662. The van der Waals surface area contributed by atoms with Gasteiger partial charge in [-0.2, -0.15) is 0 Å². The number of nitrogens with one attached hydrogen (secondary N) is 1. The number of hydrogen-bond acceptors (Lipinski definition) is 6. The second-order valence-electron chi connectivity index (χ2n) is 3.33. The van der Waals surface area contributed by atoms with Gasteiger partial charge in [-0.3, -0.25) is 0 Å². The van der Waals surface area contributed by atoms with E-state index in [9.17, 15) is 5.11 Å². The quantitative estimate of drug-likeness (QED) is 0.503. The fourth-order valence-corrected chi connectivity index (χ4v) is 2.04. The maximum Gasteiger partial charge on any atom is 0.133 e. The molecule has 1 rings (SSSR count). The van der Waals surface area contributed by atoms with Crippen LogP contribution in [0.1, 0.15) is 12.5 Å². The van der Waals surface area contributed by atoms with Gasteiger partial charge in [0.25, 0.3) is 0 Å². The maximum absolute atomic E-state index is 9.25. The van der Waals surface area contributed by atoms with Crippen molar-refractivity contribution in [3.8, 4) is 0 Å². The second-order valence-corrected chi connectivity index (χ2v) is 4.34. The van der Waals surface area contributed by atoms with Crippen molar-refractivity contribution < 1.29 is 10.2 Å². The third kappa shape index (κ3) is 3.62. The summed E-state index contributed by atoms with van der Waals surface area (Å²) in [4.78, 5) is 8.28. The van der Waals surface area contributed by atoms with Gasteiger partial charge in [0.2, 0.25) is 0 Å². The molecule has 5 nitrogen and oxygen atoms in total. The molecule has 0 spiro atoms. The molecule has 0 radical (unpaired) electrons. The van der Waals surface area contributed by atoms with E-state index in [1.807, 2.05) is 13.8 Å². The zero-order chi connectivity index (χ0) is 12.0. The van der Waals surface area contributed by atoms with Crippen LogP contribution in [0.3, 0.4) is 0 Å². The van der Waals surface area contributed by atoms with Crippen LogP contribution in [0.15, 0.2) is 11.4 Å². The standard InChI is InChI=1S/C10H17N3O2S/c1-3-11-9-7(2)10(13-6-12-9)16-5-8(15)4-14/h6,8,14-15H,3-5H2,1-2H3,(H,11,12,13). The Hall–Kier alpha value is -0.850. The van der Waals surface area contributed by atoms with Crippen molar-refractivity contribution in [3.05, 3.63) is 11.9 Å². The molecule has 1 unspecified atom stereocenters. The van der Waals surface area contributed by atoms with E-state index in [-0.39, 0.29) is 6.61 Å².